The second-order valence-electron chi connectivity index (χ2n) is 7.42. The van der Waals surface area contributed by atoms with Crippen LogP contribution in [0.1, 0.15) is 42.6 Å². The highest BCUT2D eigenvalue weighted by atomic mass is 16.5. The van der Waals surface area contributed by atoms with Crippen LogP contribution in [0.25, 0.3) is 5.69 Å². The molecule has 1 aromatic carbocycles. The molecule has 1 aliphatic carbocycles. The van der Waals surface area contributed by atoms with Crippen molar-refractivity contribution in [2.75, 3.05) is 32.8 Å². The molecule has 0 bridgehead atoms. The molecular weight excluding hydrogens is 342 g/mol. The van der Waals surface area contributed by atoms with Crippen LogP contribution in [-0.2, 0) is 4.74 Å². The summed E-state index contributed by atoms with van der Waals surface area (Å²) in [6, 6.07) is 9.62. The topological polar surface area (TPSA) is 72.3 Å². The number of amides is 1. The van der Waals surface area contributed by atoms with Gasteiger partial charge in [-0.2, -0.15) is 9.90 Å². The van der Waals surface area contributed by atoms with E-state index in [4.69, 9.17) is 4.74 Å². The van der Waals surface area contributed by atoms with Gasteiger partial charge in [-0.3, -0.25) is 9.69 Å². The van der Waals surface area contributed by atoms with E-state index in [1.54, 1.807) is 0 Å². The van der Waals surface area contributed by atoms with Gasteiger partial charge in [0, 0.05) is 25.2 Å². The Balaban J connectivity index is 1.43. The van der Waals surface area contributed by atoms with Crippen LogP contribution in [0.2, 0.25) is 0 Å². The van der Waals surface area contributed by atoms with Crippen molar-refractivity contribution in [1.82, 2.24) is 25.2 Å². The fourth-order valence-corrected chi connectivity index (χ4v) is 4.24. The maximum atomic E-state index is 12.7. The van der Waals surface area contributed by atoms with Crippen LogP contribution in [0, 0.1) is 0 Å². The van der Waals surface area contributed by atoms with Crippen LogP contribution in [0.15, 0.2) is 36.5 Å². The molecule has 2 heterocycles. The molecule has 0 spiro atoms. The maximum absolute atomic E-state index is 12.7. The van der Waals surface area contributed by atoms with Crippen LogP contribution in [0.4, 0.5) is 0 Å². The highest BCUT2D eigenvalue weighted by Gasteiger charge is 2.39. The summed E-state index contributed by atoms with van der Waals surface area (Å²) in [5, 5.41) is 11.7. The molecule has 1 saturated heterocycles. The first kappa shape index (κ1) is 18.1. The number of aromatic nitrogens is 3. The molecule has 2 aliphatic rings. The molecule has 144 valence electrons. The summed E-state index contributed by atoms with van der Waals surface area (Å²) in [5.41, 5.74) is 1.24. The lowest BCUT2D eigenvalue weighted by atomic mass is 9.79. The Kier molecular flexibility index (Phi) is 5.50. The number of carbonyl (C=O) groups excluding carboxylic acids is 1. The number of carbonyl (C=O) groups is 1. The molecule has 1 saturated carbocycles. The summed E-state index contributed by atoms with van der Waals surface area (Å²) >= 11 is 0. The quantitative estimate of drug-likeness (QED) is 0.873. The third-order valence-electron chi connectivity index (χ3n) is 5.76. The minimum atomic E-state index is -0.157. The Labute approximate surface area is 159 Å². The predicted molar refractivity (Wildman–Crippen MR) is 102 cm³/mol. The van der Waals surface area contributed by atoms with Gasteiger partial charge in [-0.05, 0) is 25.0 Å². The zero-order valence-corrected chi connectivity index (χ0v) is 15.6. The van der Waals surface area contributed by atoms with Crippen LogP contribution < -0.4 is 5.32 Å². The minimum Gasteiger partial charge on any atom is -0.379 e. The molecule has 2 fully saturated rings. The molecule has 0 atom stereocenters. The van der Waals surface area contributed by atoms with E-state index in [1.807, 2.05) is 30.3 Å². The third kappa shape index (κ3) is 4.04. The summed E-state index contributed by atoms with van der Waals surface area (Å²) < 4.78 is 5.53. The lowest BCUT2D eigenvalue weighted by Gasteiger charge is -2.48. The van der Waals surface area contributed by atoms with E-state index in [1.165, 1.54) is 30.3 Å². The average Bonchev–Trinajstić information content (AvgIpc) is 3.24. The van der Waals surface area contributed by atoms with Gasteiger partial charge in [0.15, 0.2) is 5.69 Å². The molecule has 1 aromatic heterocycles. The third-order valence-corrected chi connectivity index (χ3v) is 5.76. The van der Waals surface area contributed by atoms with Gasteiger partial charge in [0.2, 0.25) is 0 Å². The van der Waals surface area contributed by atoms with Crippen LogP contribution >= 0.6 is 0 Å². The standard InChI is InChI=1S/C20H27N5O2/c26-19(18-15-22-25(23-18)17-7-3-1-4-8-17)21-16-20(9-5-2-6-10-20)24-11-13-27-14-12-24/h1,3-4,7-8,15H,2,5-6,9-14,16H2,(H,21,26). The number of nitrogens with zero attached hydrogens (tertiary/aromatic N) is 4. The van der Waals surface area contributed by atoms with Gasteiger partial charge in [0.25, 0.3) is 5.91 Å². The maximum Gasteiger partial charge on any atom is 0.273 e. The van der Waals surface area contributed by atoms with Crippen LogP contribution in [-0.4, -0.2) is 64.2 Å². The molecule has 7 nitrogen and oxygen atoms in total. The molecular formula is C20H27N5O2. The van der Waals surface area contributed by atoms with Crippen molar-refractivity contribution >= 4 is 5.91 Å². The van der Waals surface area contributed by atoms with Gasteiger partial charge in [-0.25, -0.2) is 0 Å². The monoisotopic (exact) mass is 369 g/mol. The van der Waals surface area contributed by atoms with E-state index < -0.39 is 0 Å². The fourth-order valence-electron chi connectivity index (χ4n) is 4.24. The first-order valence-electron chi connectivity index (χ1n) is 9.86. The molecule has 7 heteroatoms. The smallest absolute Gasteiger partial charge is 0.273 e. The number of para-hydroxylation sites is 1. The van der Waals surface area contributed by atoms with Gasteiger partial charge in [0.1, 0.15) is 0 Å². The summed E-state index contributed by atoms with van der Waals surface area (Å²) in [5.74, 6) is -0.157. The van der Waals surface area contributed by atoms with E-state index >= 15 is 0 Å². The zero-order valence-electron chi connectivity index (χ0n) is 15.6. The van der Waals surface area contributed by atoms with Gasteiger partial charge < -0.3 is 10.1 Å². The first-order valence-corrected chi connectivity index (χ1v) is 9.86. The van der Waals surface area contributed by atoms with Crippen molar-refractivity contribution in [2.24, 2.45) is 0 Å². The van der Waals surface area contributed by atoms with E-state index in [0.717, 1.165) is 44.8 Å². The molecule has 4 rings (SSSR count). The summed E-state index contributed by atoms with van der Waals surface area (Å²) in [6.45, 7) is 4.10. The van der Waals surface area contributed by atoms with Crippen molar-refractivity contribution in [3.05, 3.63) is 42.2 Å². The SMILES string of the molecule is O=C(NCC1(N2CCOCC2)CCCCC1)c1cnn(-c2ccccc2)n1. The Morgan fingerprint density at radius 1 is 1.11 bits per heavy atom. The first-order chi connectivity index (χ1) is 13.3. The predicted octanol–water partition coefficient (Wildman–Crippen LogP) is 2.03. The lowest BCUT2D eigenvalue weighted by molar-refractivity contribution is -0.0361. The molecule has 1 aliphatic heterocycles. The normalized spacial score (nSPS) is 20.3. The van der Waals surface area contributed by atoms with Gasteiger partial charge >= 0.3 is 0 Å². The second kappa shape index (κ2) is 8.19. The largest absolute Gasteiger partial charge is 0.379 e. The number of nitrogens with one attached hydrogen (secondary N) is 1. The summed E-state index contributed by atoms with van der Waals surface area (Å²) in [7, 11) is 0. The number of benzene rings is 1. The molecule has 27 heavy (non-hydrogen) atoms. The number of hydrogen-bond acceptors (Lipinski definition) is 5. The molecule has 2 aromatic rings. The van der Waals surface area contributed by atoms with Crippen molar-refractivity contribution in [3.8, 4) is 5.69 Å². The number of rotatable bonds is 5. The lowest BCUT2D eigenvalue weighted by Crippen LogP contribution is -2.59. The Bertz CT molecular complexity index is 749. The van der Waals surface area contributed by atoms with E-state index in [2.05, 4.69) is 20.4 Å². The second-order valence-corrected chi connectivity index (χ2v) is 7.42. The Morgan fingerprint density at radius 2 is 1.85 bits per heavy atom. The van der Waals surface area contributed by atoms with Gasteiger partial charge in [-0.15, -0.1) is 5.10 Å². The summed E-state index contributed by atoms with van der Waals surface area (Å²) in [6.07, 6.45) is 7.51. The average molecular weight is 369 g/mol. The molecule has 0 unspecified atom stereocenters. The van der Waals surface area contributed by atoms with E-state index in [9.17, 15) is 4.79 Å². The minimum absolute atomic E-state index is 0.0487. The Hall–Kier alpha value is -2.25. The van der Waals surface area contributed by atoms with Crippen molar-refractivity contribution < 1.29 is 9.53 Å². The molecule has 1 N–H and O–H groups in total. The zero-order chi connectivity index (χ0) is 18.5. The van der Waals surface area contributed by atoms with Crippen molar-refractivity contribution in [2.45, 2.75) is 37.6 Å². The van der Waals surface area contributed by atoms with E-state index in [-0.39, 0.29) is 11.4 Å². The van der Waals surface area contributed by atoms with Crippen molar-refractivity contribution in [3.63, 3.8) is 0 Å². The number of hydrogen-bond donors (Lipinski definition) is 1. The van der Waals surface area contributed by atoms with E-state index in [0.29, 0.717) is 12.2 Å². The van der Waals surface area contributed by atoms with Crippen molar-refractivity contribution in [1.29, 1.82) is 0 Å². The fraction of sp³-hybridized carbons (Fsp3) is 0.550. The Morgan fingerprint density at radius 3 is 2.59 bits per heavy atom. The molecule has 1 amide bonds. The van der Waals surface area contributed by atoms with Gasteiger partial charge in [0.05, 0.1) is 25.1 Å². The number of ether oxygens (including phenoxy) is 1. The van der Waals surface area contributed by atoms with Crippen LogP contribution in [0.5, 0.6) is 0 Å². The number of morpholine rings is 1. The van der Waals surface area contributed by atoms with Crippen LogP contribution in [0.3, 0.4) is 0 Å². The van der Waals surface area contributed by atoms with Gasteiger partial charge in [-0.1, -0.05) is 37.5 Å². The highest BCUT2D eigenvalue weighted by Crippen LogP contribution is 2.33. The molecule has 0 radical (unpaired) electrons. The highest BCUT2D eigenvalue weighted by molar-refractivity contribution is 5.91. The summed E-state index contributed by atoms with van der Waals surface area (Å²) in [4.78, 5) is 16.7.